The van der Waals surface area contributed by atoms with Crippen LogP contribution in [0.25, 0.3) is 0 Å². The highest BCUT2D eigenvalue weighted by Gasteiger charge is 2.53. The van der Waals surface area contributed by atoms with E-state index < -0.39 is 47.6 Å². The van der Waals surface area contributed by atoms with Gasteiger partial charge in [-0.25, -0.2) is 8.78 Å². The average molecular weight is 295 g/mol. The predicted molar refractivity (Wildman–Crippen MR) is 67.4 cm³/mol. The van der Waals surface area contributed by atoms with Crippen molar-refractivity contribution in [3.05, 3.63) is 42.0 Å². The zero-order valence-electron chi connectivity index (χ0n) is 10.6. The van der Waals surface area contributed by atoms with E-state index in [4.69, 9.17) is 4.74 Å². The van der Waals surface area contributed by atoms with Crippen molar-refractivity contribution in [2.45, 2.75) is 12.2 Å². The third-order valence-corrected chi connectivity index (χ3v) is 3.68. The van der Waals surface area contributed by atoms with Gasteiger partial charge in [-0.1, -0.05) is 12.2 Å². The second-order valence-electron chi connectivity index (χ2n) is 4.95. The minimum atomic E-state index is -1.15. The zero-order valence-corrected chi connectivity index (χ0v) is 10.6. The molecule has 4 atom stereocenters. The molecule has 2 heterocycles. The Kier molecular flexibility index (Phi) is 3.21. The van der Waals surface area contributed by atoms with Gasteiger partial charge in [0.2, 0.25) is 5.91 Å². The fraction of sp³-hybridized carbons (Fsp3) is 0.286. The lowest BCUT2D eigenvalue weighted by atomic mass is 9.82. The first-order valence-electron chi connectivity index (χ1n) is 6.30. The Balaban J connectivity index is 1.82. The first-order valence-corrected chi connectivity index (χ1v) is 6.30. The van der Waals surface area contributed by atoms with Crippen molar-refractivity contribution in [3.63, 3.8) is 0 Å². The number of ether oxygens (including phenoxy) is 1. The molecule has 0 aliphatic carbocycles. The van der Waals surface area contributed by atoms with Crippen LogP contribution in [-0.2, 0) is 14.3 Å². The van der Waals surface area contributed by atoms with E-state index in [1.54, 1.807) is 12.2 Å². The average Bonchev–Trinajstić information content (AvgIpc) is 3.02. The molecule has 5 nitrogen and oxygen atoms in total. The number of amides is 1. The summed E-state index contributed by atoms with van der Waals surface area (Å²) in [5.74, 6) is -5.45. The smallest absolute Gasteiger partial charge is 0.310 e. The summed E-state index contributed by atoms with van der Waals surface area (Å²) >= 11 is 0. The zero-order chi connectivity index (χ0) is 15.1. The number of benzene rings is 1. The largest absolute Gasteiger partial charge is 0.481 e. The topological polar surface area (TPSA) is 75.6 Å². The molecule has 2 aliphatic rings. The number of carboxylic acid groups (broad SMARTS) is 1. The number of carbonyl (C=O) groups is 2. The summed E-state index contributed by atoms with van der Waals surface area (Å²) in [7, 11) is 0. The van der Waals surface area contributed by atoms with Crippen LogP contribution < -0.4 is 5.32 Å². The van der Waals surface area contributed by atoms with E-state index in [2.05, 4.69) is 5.32 Å². The van der Waals surface area contributed by atoms with E-state index in [-0.39, 0.29) is 5.69 Å². The lowest BCUT2D eigenvalue weighted by Crippen LogP contribution is -2.39. The minimum Gasteiger partial charge on any atom is -0.481 e. The van der Waals surface area contributed by atoms with Gasteiger partial charge < -0.3 is 15.2 Å². The summed E-state index contributed by atoms with van der Waals surface area (Å²) in [5, 5.41) is 11.5. The number of carbonyl (C=O) groups excluding carboxylic acids is 1. The summed E-state index contributed by atoms with van der Waals surface area (Å²) in [6, 6.07) is 2.73. The van der Waals surface area contributed by atoms with E-state index in [9.17, 15) is 23.5 Å². The van der Waals surface area contributed by atoms with E-state index in [0.717, 1.165) is 12.1 Å². The van der Waals surface area contributed by atoms with Crippen molar-refractivity contribution in [2.75, 3.05) is 5.32 Å². The molecule has 2 N–H and O–H groups in total. The van der Waals surface area contributed by atoms with Gasteiger partial charge in [-0.05, 0) is 12.1 Å². The Hall–Kier alpha value is -2.28. The predicted octanol–water partition coefficient (Wildman–Crippen LogP) is 1.56. The molecular weight excluding hydrogens is 284 g/mol. The molecule has 0 radical (unpaired) electrons. The summed E-state index contributed by atoms with van der Waals surface area (Å²) in [6.07, 6.45) is 1.93. The number of hydrogen-bond donors (Lipinski definition) is 2. The van der Waals surface area contributed by atoms with Crippen molar-refractivity contribution in [1.82, 2.24) is 0 Å². The summed E-state index contributed by atoms with van der Waals surface area (Å²) < 4.78 is 31.7. The summed E-state index contributed by atoms with van der Waals surface area (Å²) in [5.41, 5.74) is -0.197. The Morgan fingerprint density at radius 3 is 2.43 bits per heavy atom. The normalized spacial score (nSPS) is 29.6. The van der Waals surface area contributed by atoms with Crippen molar-refractivity contribution in [1.29, 1.82) is 0 Å². The number of fused-ring (bicyclic) bond motifs is 2. The maximum atomic E-state index is 13.5. The Morgan fingerprint density at radius 2 is 1.81 bits per heavy atom. The van der Waals surface area contributed by atoms with Gasteiger partial charge in [0.25, 0.3) is 0 Å². The minimum absolute atomic E-state index is 0.197. The van der Waals surface area contributed by atoms with Crippen molar-refractivity contribution < 1.29 is 28.2 Å². The van der Waals surface area contributed by atoms with E-state index in [0.29, 0.717) is 6.07 Å². The molecule has 1 fully saturated rings. The maximum absolute atomic E-state index is 13.5. The van der Waals surface area contributed by atoms with Gasteiger partial charge in [-0.2, -0.15) is 0 Å². The lowest BCUT2D eigenvalue weighted by molar-refractivity contribution is -0.145. The first kappa shape index (κ1) is 13.7. The molecule has 4 unspecified atom stereocenters. The number of rotatable bonds is 3. The van der Waals surface area contributed by atoms with Crippen LogP contribution in [0.5, 0.6) is 0 Å². The highest BCUT2D eigenvalue weighted by molar-refractivity contribution is 5.96. The second kappa shape index (κ2) is 4.92. The molecule has 110 valence electrons. The number of halogens is 2. The molecule has 0 saturated carbocycles. The third-order valence-electron chi connectivity index (χ3n) is 3.68. The van der Waals surface area contributed by atoms with Gasteiger partial charge >= 0.3 is 5.97 Å². The van der Waals surface area contributed by atoms with Gasteiger partial charge in [0.05, 0.1) is 23.8 Å². The van der Waals surface area contributed by atoms with Crippen LogP contribution in [0, 0.1) is 23.5 Å². The molecule has 3 rings (SSSR count). The van der Waals surface area contributed by atoms with E-state index in [1.807, 2.05) is 0 Å². The highest BCUT2D eigenvalue weighted by atomic mass is 19.1. The van der Waals surface area contributed by atoms with Gasteiger partial charge in [0, 0.05) is 6.07 Å². The second-order valence-corrected chi connectivity index (χ2v) is 4.95. The number of aliphatic carboxylic acids is 1. The molecule has 0 aromatic heterocycles. The fourth-order valence-corrected chi connectivity index (χ4v) is 2.72. The van der Waals surface area contributed by atoms with Crippen LogP contribution >= 0.6 is 0 Å². The van der Waals surface area contributed by atoms with Crippen LogP contribution in [0.3, 0.4) is 0 Å². The molecule has 1 aromatic rings. The van der Waals surface area contributed by atoms with Crippen LogP contribution in [-0.4, -0.2) is 29.2 Å². The van der Waals surface area contributed by atoms with Crippen LogP contribution in [0.15, 0.2) is 30.4 Å². The van der Waals surface area contributed by atoms with Crippen molar-refractivity contribution in [3.8, 4) is 0 Å². The van der Waals surface area contributed by atoms with E-state index >= 15 is 0 Å². The van der Waals surface area contributed by atoms with Gasteiger partial charge in [0.1, 0.15) is 17.6 Å². The quantitative estimate of drug-likeness (QED) is 0.830. The van der Waals surface area contributed by atoms with Gasteiger partial charge in [-0.15, -0.1) is 0 Å². The monoisotopic (exact) mass is 295 g/mol. The molecule has 0 spiro atoms. The van der Waals surface area contributed by atoms with Gasteiger partial charge in [0.15, 0.2) is 0 Å². The Bertz CT molecular complexity index is 646. The molecule has 2 aliphatic heterocycles. The third kappa shape index (κ3) is 2.29. The number of anilines is 1. The maximum Gasteiger partial charge on any atom is 0.310 e. The van der Waals surface area contributed by atoms with Crippen molar-refractivity contribution in [2.24, 2.45) is 11.8 Å². The summed E-state index contributed by atoms with van der Waals surface area (Å²) in [6.45, 7) is 0. The van der Waals surface area contributed by atoms with E-state index in [1.165, 1.54) is 0 Å². The Morgan fingerprint density at radius 1 is 1.14 bits per heavy atom. The molecule has 1 saturated heterocycles. The van der Waals surface area contributed by atoms with Crippen LogP contribution in [0.4, 0.5) is 14.5 Å². The molecule has 1 aromatic carbocycles. The molecule has 21 heavy (non-hydrogen) atoms. The highest BCUT2D eigenvalue weighted by Crippen LogP contribution is 2.39. The molecule has 2 bridgehead atoms. The van der Waals surface area contributed by atoms with Crippen LogP contribution in [0.2, 0.25) is 0 Å². The SMILES string of the molecule is O=C(O)C1C2C=CC(O2)C1C(=O)Nc1ccc(F)cc1F. The number of nitrogens with one attached hydrogen (secondary N) is 1. The number of hydrogen-bond acceptors (Lipinski definition) is 3. The van der Waals surface area contributed by atoms with Crippen LogP contribution in [0.1, 0.15) is 0 Å². The Labute approximate surface area is 118 Å². The molecular formula is C14H11F2NO4. The first-order chi connectivity index (χ1) is 9.97. The van der Waals surface area contributed by atoms with Crippen molar-refractivity contribution >= 4 is 17.6 Å². The van der Waals surface area contributed by atoms with Gasteiger partial charge in [-0.3, -0.25) is 9.59 Å². The molecule has 1 amide bonds. The fourth-order valence-electron chi connectivity index (χ4n) is 2.72. The standard InChI is InChI=1S/C14H11F2NO4/c15-6-1-2-8(7(16)5-6)17-13(18)11-9-3-4-10(21-9)12(11)14(19)20/h1-5,9-12H,(H,17,18)(H,19,20). The molecule has 7 heteroatoms. The number of carboxylic acids is 1. The summed E-state index contributed by atoms with van der Waals surface area (Å²) in [4.78, 5) is 23.5. The lowest BCUT2D eigenvalue weighted by Gasteiger charge is -2.21.